The second-order valence-corrected chi connectivity index (χ2v) is 5.20. The summed E-state index contributed by atoms with van der Waals surface area (Å²) in [7, 11) is 0. The molecule has 0 radical (unpaired) electrons. The van der Waals surface area contributed by atoms with Gasteiger partial charge < -0.3 is 16.2 Å². The van der Waals surface area contributed by atoms with Gasteiger partial charge in [-0.15, -0.1) is 0 Å². The molecule has 0 aromatic heterocycles. The average molecular weight is 342 g/mol. The second kappa shape index (κ2) is 5.50. The molecule has 19 heavy (non-hydrogen) atoms. The molecule has 2 aromatic carbocycles. The van der Waals surface area contributed by atoms with Crippen molar-refractivity contribution in [2.75, 3.05) is 11.1 Å². The van der Waals surface area contributed by atoms with E-state index in [1.54, 1.807) is 18.2 Å². The zero-order chi connectivity index (χ0) is 14.0. The number of halogens is 2. The summed E-state index contributed by atoms with van der Waals surface area (Å²) in [4.78, 5) is 12.0. The molecular weight excluding hydrogens is 332 g/mol. The lowest BCUT2D eigenvalue weighted by molar-refractivity contribution is 0.102. The predicted molar refractivity (Wildman–Crippen MR) is 79.6 cm³/mol. The van der Waals surface area contributed by atoms with Crippen LogP contribution in [0.2, 0.25) is 5.02 Å². The third-order valence-corrected chi connectivity index (χ3v) is 3.19. The number of nitrogens with two attached hydrogens (primary N) is 1. The van der Waals surface area contributed by atoms with Gasteiger partial charge in [0.25, 0.3) is 5.91 Å². The summed E-state index contributed by atoms with van der Waals surface area (Å²) in [5.74, 6) is -0.619. The molecule has 4 N–H and O–H groups in total. The molecule has 2 aromatic rings. The maximum atomic E-state index is 12.0. The highest BCUT2D eigenvalue weighted by Crippen LogP contribution is 2.26. The van der Waals surface area contributed by atoms with E-state index in [-0.39, 0.29) is 11.3 Å². The fraction of sp³-hybridized carbons (Fsp3) is 0. The topological polar surface area (TPSA) is 75.3 Å². The Kier molecular flexibility index (Phi) is 3.97. The minimum absolute atomic E-state index is 0.0924. The highest BCUT2D eigenvalue weighted by Gasteiger charge is 2.13. The van der Waals surface area contributed by atoms with E-state index in [0.29, 0.717) is 16.4 Å². The Morgan fingerprint density at radius 3 is 2.68 bits per heavy atom. The first kappa shape index (κ1) is 13.7. The number of nitrogens with one attached hydrogen (secondary N) is 1. The van der Waals surface area contributed by atoms with Gasteiger partial charge in [-0.2, -0.15) is 0 Å². The Hall–Kier alpha value is -1.72. The van der Waals surface area contributed by atoms with E-state index in [9.17, 15) is 9.90 Å². The SMILES string of the molecule is Nc1cc(Br)ccc1NC(=O)c1cc(Cl)ccc1O. The van der Waals surface area contributed by atoms with Crippen LogP contribution in [0.15, 0.2) is 40.9 Å². The second-order valence-electron chi connectivity index (χ2n) is 3.85. The first-order chi connectivity index (χ1) is 8.97. The number of aromatic hydroxyl groups is 1. The molecule has 0 spiro atoms. The summed E-state index contributed by atoms with van der Waals surface area (Å²) >= 11 is 9.07. The van der Waals surface area contributed by atoms with Gasteiger partial charge in [0.2, 0.25) is 0 Å². The lowest BCUT2D eigenvalue weighted by Gasteiger charge is -2.09. The molecule has 0 fully saturated rings. The van der Waals surface area contributed by atoms with E-state index in [0.717, 1.165) is 4.47 Å². The molecule has 0 aliphatic carbocycles. The maximum absolute atomic E-state index is 12.0. The van der Waals surface area contributed by atoms with Crippen LogP contribution in [0.3, 0.4) is 0 Å². The van der Waals surface area contributed by atoms with E-state index >= 15 is 0 Å². The lowest BCUT2D eigenvalue weighted by atomic mass is 10.1. The zero-order valence-electron chi connectivity index (χ0n) is 9.65. The molecule has 98 valence electrons. The van der Waals surface area contributed by atoms with Crippen molar-refractivity contribution in [1.29, 1.82) is 0 Å². The van der Waals surface area contributed by atoms with Gasteiger partial charge in [0.15, 0.2) is 0 Å². The molecular formula is C13H10BrClN2O2. The summed E-state index contributed by atoms with van der Waals surface area (Å²) in [5.41, 5.74) is 6.76. The van der Waals surface area contributed by atoms with Crippen LogP contribution >= 0.6 is 27.5 Å². The third kappa shape index (κ3) is 3.19. The van der Waals surface area contributed by atoms with Crippen LogP contribution in [0, 0.1) is 0 Å². The molecule has 0 saturated carbocycles. The van der Waals surface area contributed by atoms with Gasteiger partial charge in [-0.1, -0.05) is 27.5 Å². The average Bonchev–Trinajstić information content (AvgIpc) is 2.35. The molecule has 1 amide bonds. The third-order valence-electron chi connectivity index (χ3n) is 2.47. The number of amides is 1. The number of phenols is 1. The van der Waals surface area contributed by atoms with Gasteiger partial charge in [-0.05, 0) is 36.4 Å². The van der Waals surface area contributed by atoms with Gasteiger partial charge in [-0.3, -0.25) is 4.79 Å². The van der Waals surface area contributed by atoms with E-state index in [1.165, 1.54) is 18.2 Å². The first-order valence-corrected chi connectivity index (χ1v) is 6.49. The van der Waals surface area contributed by atoms with Crippen LogP contribution in [-0.4, -0.2) is 11.0 Å². The Labute approximate surface area is 123 Å². The number of anilines is 2. The number of hydrogen-bond acceptors (Lipinski definition) is 3. The molecule has 0 bridgehead atoms. The fourth-order valence-corrected chi connectivity index (χ4v) is 2.08. The summed E-state index contributed by atoms with van der Waals surface area (Å²) in [6.45, 7) is 0. The summed E-state index contributed by atoms with van der Waals surface area (Å²) in [6, 6.07) is 9.35. The summed E-state index contributed by atoms with van der Waals surface area (Å²) < 4.78 is 0.814. The molecule has 0 aliphatic heterocycles. The minimum Gasteiger partial charge on any atom is -0.507 e. The molecule has 0 heterocycles. The van der Waals surface area contributed by atoms with Crippen LogP contribution < -0.4 is 11.1 Å². The van der Waals surface area contributed by atoms with Crippen LogP contribution in [0.4, 0.5) is 11.4 Å². The Morgan fingerprint density at radius 1 is 1.26 bits per heavy atom. The van der Waals surface area contributed by atoms with Crippen molar-refractivity contribution in [3.63, 3.8) is 0 Å². The van der Waals surface area contributed by atoms with Crippen molar-refractivity contribution in [2.24, 2.45) is 0 Å². The molecule has 6 heteroatoms. The lowest BCUT2D eigenvalue weighted by Crippen LogP contribution is -2.13. The highest BCUT2D eigenvalue weighted by molar-refractivity contribution is 9.10. The van der Waals surface area contributed by atoms with E-state index in [2.05, 4.69) is 21.2 Å². The number of phenolic OH excluding ortho intramolecular Hbond substituents is 1. The van der Waals surface area contributed by atoms with Crippen LogP contribution in [0.5, 0.6) is 5.75 Å². The standard InChI is InChI=1S/C13H10BrClN2O2/c14-7-1-3-11(10(16)5-7)17-13(19)9-6-8(15)2-4-12(9)18/h1-6,18H,16H2,(H,17,19). The van der Waals surface area contributed by atoms with E-state index in [4.69, 9.17) is 17.3 Å². The Bertz CT molecular complexity index is 647. The van der Waals surface area contributed by atoms with Crippen molar-refractivity contribution < 1.29 is 9.90 Å². The molecule has 0 saturated heterocycles. The van der Waals surface area contributed by atoms with Crippen molar-refractivity contribution in [3.8, 4) is 5.75 Å². The van der Waals surface area contributed by atoms with Crippen LogP contribution in [-0.2, 0) is 0 Å². The van der Waals surface area contributed by atoms with Crippen LogP contribution in [0.1, 0.15) is 10.4 Å². The van der Waals surface area contributed by atoms with E-state index < -0.39 is 5.91 Å². The van der Waals surface area contributed by atoms with Gasteiger partial charge >= 0.3 is 0 Å². The molecule has 2 rings (SSSR count). The first-order valence-electron chi connectivity index (χ1n) is 5.32. The van der Waals surface area contributed by atoms with Gasteiger partial charge in [0.05, 0.1) is 16.9 Å². The number of benzene rings is 2. The zero-order valence-corrected chi connectivity index (χ0v) is 12.0. The van der Waals surface area contributed by atoms with Gasteiger partial charge in [0, 0.05) is 9.50 Å². The molecule has 0 atom stereocenters. The van der Waals surface area contributed by atoms with Gasteiger partial charge in [0.1, 0.15) is 5.75 Å². The van der Waals surface area contributed by atoms with E-state index in [1.807, 2.05) is 0 Å². The Balaban J connectivity index is 2.28. The minimum atomic E-state index is -0.478. The number of hydrogen-bond donors (Lipinski definition) is 3. The van der Waals surface area contributed by atoms with Crippen molar-refractivity contribution in [3.05, 3.63) is 51.5 Å². The van der Waals surface area contributed by atoms with Crippen molar-refractivity contribution >= 4 is 44.8 Å². The van der Waals surface area contributed by atoms with Crippen LogP contribution in [0.25, 0.3) is 0 Å². The molecule has 0 unspecified atom stereocenters. The number of carbonyl (C=O) groups excluding carboxylic acids is 1. The summed E-state index contributed by atoms with van der Waals surface area (Å²) in [5, 5.41) is 12.6. The highest BCUT2D eigenvalue weighted by atomic mass is 79.9. The largest absolute Gasteiger partial charge is 0.507 e. The Morgan fingerprint density at radius 2 is 2.00 bits per heavy atom. The smallest absolute Gasteiger partial charge is 0.259 e. The predicted octanol–water partition coefficient (Wildman–Crippen LogP) is 3.64. The molecule has 0 aliphatic rings. The van der Waals surface area contributed by atoms with Crippen molar-refractivity contribution in [1.82, 2.24) is 0 Å². The number of carbonyl (C=O) groups is 1. The number of nitrogen functional groups attached to an aromatic ring is 1. The normalized spacial score (nSPS) is 10.2. The fourth-order valence-electron chi connectivity index (χ4n) is 1.53. The molecule has 4 nitrogen and oxygen atoms in total. The van der Waals surface area contributed by atoms with Gasteiger partial charge in [-0.25, -0.2) is 0 Å². The monoisotopic (exact) mass is 340 g/mol. The van der Waals surface area contributed by atoms with Crippen molar-refractivity contribution in [2.45, 2.75) is 0 Å². The summed E-state index contributed by atoms with van der Waals surface area (Å²) in [6.07, 6.45) is 0. The quantitative estimate of drug-likeness (QED) is 0.730. The maximum Gasteiger partial charge on any atom is 0.259 e. The number of rotatable bonds is 2.